The number of halogens is 1. The summed E-state index contributed by atoms with van der Waals surface area (Å²) >= 11 is 1.71. The maximum atomic E-state index is 13.3. The number of hydrogen-bond acceptors (Lipinski definition) is 2. The van der Waals surface area contributed by atoms with E-state index in [-0.39, 0.29) is 17.5 Å². The van der Waals surface area contributed by atoms with Crippen LogP contribution in [-0.2, 0) is 0 Å². The number of ketones is 1. The van der Waals surface area contributed by atoms with Crippen LogP contribution in [0, 0.1) is 12.7 Å². The fourth-order valence-electron chi connectivity index (χ4n) is 2.38. The van der Waals surface area contributed by atoms with Gasteiger partial charge in [0.05, 0.1) is 5.92 Å². The summed E-state index contributed by atoms with van der Waals surface area (Å²) in [6.07, 6.45) is 0. The van der Waals surface area contributed by atoms with E-state index in [0.29, 0.717) is 11.1 Å². The second-order valence-corrected chi connectivity index (χ2v) is 5.79. The number of thioether (sulfide) groups is 1. The Hall–Kier alpha value is -1.61. The maximum Gasteiger partial charge on any atom is 0.171 e. The molecular formula is C16H13FOS. The normalized spacial score (nSPS) is 17.3. The lowest BCUT2D eigenvalue weighted by Gasteiger charge is -2.10. The van der Waals surface area contributed by atoms with Crippen LogP contribution in [0.5, 0.6) is 0 Å². The number of hydrogen-bond donors (Lipinski definition) is 0. The molecule has 0 aromatic heterocycles. The number of fused-ring (bicyclic) bond motifs is 1. The molecule has 1 aliphatic rings. The van der Waals surface area contributed by atoms with E-state index in [2.05, 4.69) is 0 Å². The lowest BCUT2D eigenvalue weighted by atomic mass is 9.92. The van der Waals surface area contributed by atoms with E-state index in [9.17, 15) is 9.18 Å². The van der Waals surface area contributed by atoms with Crippen LogP contribution in [0.25, 0.3) is 0 Å². The van der Waals surface area contributed by atoms with Crippen molar-refractivity contribution in [2.24, 2.45) is 0 Å². The number of rotatable bonds is 2. The number of carbonyl (C=O) groups excluding carboxylic acids is 1. The summed E-state index contributed by atoms with van der Waals surface area (Å²) in [6.45, 7) is 1.68. The third-order valence-electron chi connectivity index (χ3n) is 3.46. The lowest BCUT2D eigenvalue weighted by Crippen LogP contribution is -2.12. The molecule has 1 unspecified atom stereocenters. The van der Waals surface area contributed by atoms with Gasteiger partial charge in [-0.3, -0.25) is 4.79 Å². The Morgan fingerprint density at radius 3 is 2.84 bits per heavy atom. The van der Waals surface area contributed by atoms with Crippen molar-refractivity contribution in [1.82, 2.24) is 0 Å². The van der Waals surface area contributed by atoms with Crippen molar-refractivity contribution in [3.63, 3.8) is 0 Å². The van der Waals surface area contributed by atoms with Crippen LogP contribution in [0.2, 0.25) is 0 Å². The maximum absolute atomic E-state index is 13.3. The Labute approximate surface area is 115 Å². The highest BCUT2D eigenvalue weighted by Crippen LogP contribution is 2.40. The molecule has 0 bridgehead atoms. The number of aryl methyl sites for hydroxylation is 1. The van der Waals surface area contributed by atoms with E-state index < -0.39 is 0 Å². The van der Waals surface area contributed by atoms with E-state index in [0.717, 1.165) is 11.3 Å². The third kappa shape index (κ3) is 2.19. The molecule has 0 fully saturated rings. The molecule has 3 heteroatoms. The monoisotopic (exact) mass is 272 g/mol. The van der Waals surface area contributed by atoms with Gasteiger partial charge in [0.2, 0.25) is 0 Å². The van der Waals surface area contributed by atoms with Gasteiger partial charge in [-0.2, -0.15) is 0 Å². The molecule has 1 atom stereocenters. The van der Waals surface area contributed by atoms with Crippen molar-refractivity contribution < 1.29 is 9.18 Å². The summed E-state index contributed by atoms with van der Waals surface area (Å²) < 4.78 is 13.3. The average molecular weight is 272 g/mol. The van der Waals surface area contributed by atoms with Crippen molar-refractivity contribution >= 4 is 17.5 Å². The molecule has 0 aliphatic carbocycles. The van der Waals surface area contributed by atoms with Gasteiger partial charge >= 0.3 is 0 Å². The molecule has 0 N–H and O–H groups in total. The van der Waals surface area contributed by atoms with Crippen LogP contribution >= 0.6 is 11.8 Å². The van der Waals surface area contributed by atoms with Gasteiger partial charge in [0, 0.05) is 16.2 Å². The van der Waals surface area contributed by atoms with Crippen molar-refractivity contribution in [2.75, 3.05) is 5.75 Å². The number of carbonyl (C=O) groups is 1. The highest BCUT2D eigenvalue weighted by Gasteiger charge is 2.29. The molecule has 0 amide bonds. The highest BCUT2D eigenvalue weighted by atomic mass is 32.2. The molecule has 0 saturated heterocycles. The standard InChI is InChI=1S/C16H13FOS/c1-10-8-11(6-7-14(10)17)16(18)13-9-19-15-5-3-2-4-12(13)15/h2-8,13H,9H2,1H3. The van der Waals surface area contributed by atoms with Gasteiger partial charge in [-0.25, -0.2) is 4.39 Å². The van der Waals surface area contributed by atoms with Gasteiger partial charge in [0.1, 0.15) is 5.82 Å². The topological polar surface area (TPSA) is 17.1 Å². The number of Topliss-reactive ketones (excluding diaryl/α,β-unsaturated/α-hetero) is 1. The SMILES string of the molecule is Cc1cc(C(=O)C2CSc3ccccc32)ccc1F. The van der Waals surface area contributed by atoms with Crippen LogP contribution in [0.4, 0.5) is 4.39 Å². The molecule has 3 rings (SSSR count). The molecule has 2 aromatic carbocycles. The zero-order valence-corrected chi connectivity index (χ0v) is 11.3. The van der Waals surface area contributed by atoms with Gasteiger partial charge in [-0.15, -0.1) is 11.8 Å². The minimum Gasteiger partial charge on any atom is -0.293 e. The van der Waals surface area contributed by atoms with Crippen molar-refractivity contribution in [3.05, 3.63) is 65.0 Å². The van der Waals surface area contributed by atoms with Gasteiger partial charge in [0.25, 0.3) is 0 Å². The molecule has 1 heterocycles. The zero-order valence-electron chi connectivity index (χ0n) is 10.5. The van der Waals surface area contributed by atoms with Crippen molar-refractivity contribution in [3.8, 4) is 0 Å². The van der Waals surface area contributed by atoms with Crippen LogP contribution in [0.3, 0.4) is 0 Å². The summed E-state index contributed by atoms with van der Waals surface area (Å²) in [5, 5.41) is 0. The fourth-order valence-corrected chi connectivity index (χ4v) is 3.61. The smallest absolute Gasteiger partial charge is 0.171 e. The molecule has 0 saturated carbocycles. The quantitative estimate of drug-likeness (QED) is 0.762. The second kappa shape index (κ2) is 4.82. The van der Waals surface area contributed by atoms with E-state index in [1.54, 1.807) is 30.8 Å². The largest absolute Gasteiger partial charge is 0.293 e. The van der Waals surface area contributed by atoms with Gasteiger partial charge < -0.3 is 0 Å². The first-order valence-electron chi connectivity index (χ1n) is 6.19. The van der Waals surface area contributed by atoms with Crippen LogP contribution in [0.1, 0.15) is 27.4 Å². The minimum absolute atomic E-state index is 0.0838. The first-order chi connectivity index (χ1) is 9.16. The van der Waals surface area contributed by atoms with E-state index >= 15 is 0 Å². The minimum atomic E-state index is -0.266. The van der Waals surface area contributed by atoms with E-state index in [4.69, 9.17) is 0 Å². The summed E-state index contributed by atoms with van der Waals surface area (Å²) in [4.78, 5) is 13.7. The molecule has 1 nitrogen and oxygen atoms in total. The van der Waals surface area contributed by atoms with Crippen LogP contribution in [-0.4, -0.2) is 11.5 Å². The van der Waals surface area contributed by atoms with Gasteiger partial charge in [0.15, 0.2) is 5.78 Å². The summed E-state index contributed by atoms with van der Waals surface area (Å²) in [7, 11) is 0. The summed E-state index contributed by atoms with van der Waals surface area (Å²) in [5.74, 6) is 0.485. The Balaban J connectivity index is 1.95. The first-order valence-corrected chi connectivity index (χ1v) is 7.17. The highest BCUT2D eigenvalue weighted by molar-refractivity contribution is 7.99. The first kappa shape index (κ1) is 12.4. The zero-order chi connectivity index (χ0) is 13.4. The average Bonchev–Trinajstić information content (AvgIpc) is 2.85. The van der Waals surface area contributed by atoms with Crippen LogP contribution < -0.4 is 0 Å². The Kier molecular flexibility index (Phi) is 3.15. The van der Waals surface area contributed by atoms with E-state index in [1.165, 1.54) is 11.0 Å². The van der Waals surface area contributed by atoms with E-state index in [1.807, 2.05) is 24.3 Å². The lowest BCUT2D eigenvalue weighted by molar-refractivity contribution is 0.0968. The number of benzene rings is 2. The second-order valence-electron chi connectivity index (χ2n) is 4.73. The predicted octanol–water partition coefficient (Wildman–Crippen LogP) is 4.21. The van der Waals surface area contributed by atoms with Gasteiger partial charge in [-0.1, -0.05) is 18.2 Å². The molecule has 96 valence electrons. The molecule has 19 heavy (non-hydrogen) atoms. The summed E-state index contributed by atoms with van der Waals surface area (Å²) in [6, 6.07) is 12.6. The molecular weight excluding hydrogens is 259 g/mol. The van der Waals surface area contributed by atoms with Gasteiger partial charge in [-0.05, 0) is 42.3 Å². The van der Waals surface area contributed by atoms with Crippen molar-refractivity contribution in [1.29, 1.82) is 0 Å². The summed E-state index contributed by atoms with van der Waals surface area (Å²) in [5.41, 5.74) is 2.21. The molecule has 2 aromatic rings. The third-order valence-corrected chi connectivity index (χ3v) is 4.64. The Bertz CT molecular complexity index is 651. The van der Waals surface area contributed by atoms with Crippen molar-refractivity contribution in [2.45, 2.75) is 17.7 Å². The fraction of sp³-hybridized carbons (Fsp3) is 0.188. The van der Waals surface area contributed by atoms with Crippen LogP contribution in [0.15, 0.2) is 47.4 Å². The molecule has 0 radical (unpaired) electrons. The molecule has 0 spiro atoms. The predicted molar refractivity (Wildman–Crippen MR) is 75.4 cm³/mol. The Morgan fingerprint density at radius 1 is 1.26 bits per heavy atom. The Morgan fingerprint density at radius 2 is 2.05 bits per heavy atom. The molecule has 1 aliphatic heterocycles.